The Hall–Kier alpha value is -1.65. The number of hydrogen-bond acceptors (Lipinski definition) is 4. The highest BCUT2D eigenvalue weighted by molar-refractivity contribution is 5.76. The molecule has 0 atom stereocenters. The van der Waals surface area contributed by atoms with Crippen LogP contribution in [0.4, 0.5) is 5.95 Å². The van der Waals surface area contributed by atoms with Gasteiger partial charge < -0.3 is 10.2 Å². The second-order valence-electron chi connectivity index (χ2n) is 5.45. The number of hydrogen-bond donors (Lipinski definition) is 1. The topological polar surface area (TPSA) is 58.1 Å². The van der Waals surface area contributed by atoms with E-state index in [-0.39, 0.29) is 0 Å². The van der Waals surface area contributed by atoms with Crippen molar-refractivity contribution in [3.05, 3.63) is 17.5 Å². The summed E-state index contributed by atoms with van der Waals surface area (Å²) in [4.78, 5) is 22.5. The summed E-state index contributed by atoms with van der Waals surface area (Å²) in [6.07, 6.45) is 5.01. The summed E-state index contributed by atoms with van der Waals surface area (Å²) < 4.78 is 0. The van der Waals surface area contributed by atoms with Crippen LogP contribution in [0.15, 0.2) is 6.07 Å². The molecule has 0 unspecified atom stereocenters. The van der Waals surface area contributed by atoms with Crippen molar-refractivity contribution in [3.8, 4) is 0 Å². The number of nitrogens with zero attached hydrogens (tertiary/aromatic N) is 3. The van der Waals surface area contributed by atoms with Gasteiger partial charge in [-0.1, -0.05) is 6.42 Å². The highest BCUT2D eigenvalue weighted by Gasteiger charge is 2.15. The van der Waals surface area contributed by atoms with Crippen LogP contribution in [0.1, 0.15) is 43.5 Å². The number of aryl methyl sites for hydroxylation is 2. The van der Waals surface area contributed by atoms with Crippen molar-refractivity contribution in [1.29, 1.82) is 0 Å². The van der Waals surface area contributed by atoms with Crippen LogP contribution in [0.2, 0.25) is 0 Å². The van der Waals surface area contributed by atoms with Crippen LogP contribution in [0, 0.1) is 13.8 Å². The number of nitrogens with one attached hydrogen (secondary N) is 1. The fourth-order valence-corrected chi connectivity index (χ4v) is 2.55. The van der Waals surface area contributed by atoms with E-state index >= 15 is 0 Å². The van der Waals surface area contributed by atoms with Crippen molar-refractivity contribution in [2.75, 3.05) is 25.0 Å². The molecule has 2 heterocycles. The van der Waals surface area contributed by atoms with Crippen LogP contribution < -0.4 is 5.32 Å². The Balaban J connectivity index is 1.74. The molecule has 0 aromatic carbocycles. The second-order valence-corrected chi connectivity index (χ2v) is 5.45. The first-order valence-electron chi connectivity index (χ1n) is 7.49. The van der Waals surface area contributed by atoms with Gasteiger partial charge >= 0.3 is 0 Å². The van der Waals surface area contributed by atoms with E-state index in [0.717, 1.165) is 50.3 Å². The Bertz CT molecular complexity index is 441. The summed E-state index contributed by atoms with van der Waals surface area (Å²) in [5.74, 6) is 0.995. The molecule has 5 heteroatoms. The van der Waals surface area contributed by atoms with Crippen LogP contribution in [0.5, 0.6) is 0 Å². The van der Waals surface area contributed by atoms with Gasteiger partial charge in [0.25, 0.3) is 0 Å². The zero-order valence-electron chi connectivity index (χ0n) is 12.5. The van der Waals surface area contributed by atoms with E-state index in [4.69, 9.17) is 0 Å². The first-order valence-corrected chi connectivity index (χ1v) is 7.49. The minimum atomic E-state index is 0.310. The maximum Gasteiger partial charge on any atom is 0.223 e. The molecule has 1 aromatic rings. The minimum absolute atomic E-state index is 0.310. The maximum absolute atomic E-state index is 11.8. The van der Waals surface area contributed by atoms with Crippen LogP contribution in [0.3, 0.4) is 0 Å². The number of aromatic nitrogens is 2. The lowest BCUT2D eigenvalue weighted by Crippen LogP contribution is -2.32. The average Bonchev–Trinajstić information content (AvgIpc) is 2.59. The van der Waals surface area contributed by atoms with Gasteiger partial charge in [-0.2, -0.15) is 0 Å². The highest BCUT2D eigenvalue weighted by atomic mass is 16.2. The molecule has 20 heavy (non-hydrogen) atoms. The number of carbonyl (C=O) groups is 1. The van der Waals surface area contributed by atoms with E-state index in [1.807, 2.05) is 24.8 Å². The van der Waals surface area contributed by atoms with Gasteiger partial charge in [-0.05, 0) is 39.2 Å². The second kappa shape index (κ2) is 7.22. The third kappa shape index (κ3) is 4.47. The third-order valence-electron chi connectivity index (χ3n) is 3.54. The monoisotopic (exact) mass is 276 g/mol. The largest absolute Gasteiger partial charge is 0.354 e. The summed E-state index contributed by atoms with van der Waals surface area (Å²) in [5, 5.41) is 3.24. The first-order chi connectivity index (χ1) is 9.65. The van der Waals surface area contributed by atoms with Crippen molar-refractivity contribution in [2.24, 2.45) is 0 Å². The molecule has 1 N–H and O–H groups in total. The molecule has 110 valence electrons. The minimum Gasteiger partial charge on any atom is -0.354 e. The standard InChI is InChI=1S/C15H24N4O/c1-12-11-13(2)18-15(17-12)16-8-6-10-19-9-5-3-4-7-14(19)20/h11H,3-10H2,1-2H3,(H,16,17,18). The summed E-state index contributed by atoms with van der Waals surface area (Å²) in [7, 11) is 0. The number of likely N-dealkylation sites (tertiary alicyclic amines) is 1. The van der Waals surface area contributed by atoms with Crippen LogP contribution >= 0.6 is 0 Å². The fraction of sp³-hybridized carbons (Fsp3) is 0.667. The average molecular weight is 276 g/mol. The van der Waals surface area contributed by atoms with Gasteiger partial charge in [-0.25, -0.2) is 9.97 Å². The van der Waals surface area contributed by atoms with E-state index in [2.05, 4.69) is 15.3 Å². The van der Waals surface area contributed by atoms with Crippen LogP contribution in [0.25, 0.3) is 0 Å². The smallest absolute Gasteiger partial charge is 0.223 e. The zero-order valence-corrected chi connectivity index (χ0v) is 12.5. The molecule has 0 bridgehead atoms. The summed E-state index contributed by atoms with van der Waals surface area (Å²) in [6, 6.07) is 1.96. The van der Waals surface area contributed by atoms with E-state index in [1.165, 1.54) is 6.42 Å². The van der Waals surface area contributed by atoms with E-state index < -0.39 is 0 Å². The Morgan fingerprint density at radius 1 is 1.20 bits per heavy atom. The molecular weight excluding hydrogens is 252 g/mol. The van der Waals surface area contributed by atoms with Crippen molar-refractivity contribution in [3.63, 3.8) is 0 Å². The van der Waals surface area contributed by atoms with Gasteiger partial charge in [0.2, 0.25) is 11.9 Å². The van der Waals surface area contributed by atoms with Gasteiger partial charge in [0.1, 0.15) is 0 Å². The lowest BCUT2D eigenvalue weighted by atomic mass is 10.2. The molecule has 1 amide bonds. The lowest BCUT2D eigenvalue weighted by molar-refractivity contribution is -0.130. The normalized spacial score (nSPS) is 16.1. The Morgan fingerprint density at radius 3 is 2.70 bits per heavy atom. The fourth-order valence-electron chi connectivity index (χ4n) is 2.55. The Kier molecular flexibility index (Phi) is 5.32. The molecule has 1 fully saturated rings. The van der Waals surface area contributed by atoms with E-state index in [1.54, 1.807) is 0 Å². The Labute approximate surface area is 120 Å². The molecule has 1 aromatic heterocycles. The molecule has 1 aliphatic heterocycles. The molecular formula is C15H24N4O. The molecule has 1 saturated heterocycles. The number of carbonyl (C=O) groups excluding carboxylic acids is 1. The van der Waals surface area contributed by atoms with Gasteiger partial charge in [0, 0.05) is 37.4 Å². The first kappa shape index (κ1) is 14.8. The van der Waals surface area contributed by atoms with Gasteiger partial charge in [-0.3, -0.25) is 4.79 Å². The van der Waals surface area contributed by atoms with Crippen molar-refractivity contribution < 1.29 is 4.79 Å². The van der Waals surface area contributed by atoms with Crippen LogP contribution in [-0.2, 0) is 4.79 Å². The Morgan fingerprint density at radius 2 is 1.95 bits per heavy atom. The molecule has 0 radical (unpaired) electrons. The number of anilines is 1. The quantitative estimate of drug-likeness (QED) is 0.838. The molecule has 5 nitrogen and oxygen atoms in total. The summed E-state index contributed by atoms with van der Waals surface area (Å²) in [6.45, 7) is 6.48. The molecule has 0 aliphatic carbocycles. The van der Waals surface area contributed by atoms with E-state index in [0.29, 0.717) is 18.3 Å². The summed E-state index contributed by atoms with van der Waals surface area (Å²) >= 11 is 0. The van der Waals surface area contributed by atoms with Crippen molar-refractivity contribution in [1.82, 2.24) is 14.9 Å². The SMILES string of the molecule is Cc1cc(C)nc(NCCCN2CCCCCC2=O)n1. The van der Waals surface area contributed by atoms with E-state index in [9.17, 15) is 4.79 Å². The van der Waals surface area contributed by atoms with Gasteiger partial charge in [0.15, 0.2) is 0 Å². The van der Waals surface area contributed by atoms with Crippen molar-refractivity contribution in [2.45, 2.75) is 46.0 Å². The van der Waals surface area contributed by atoms with Crippen LogP contribution in [-0.4, -0.2) is 40.4 Å². The van der Waals surface area contributed by atoms with Gasteiger partial charge in [-0.15, -0.1) is 0 Å². The summed E-state index contributed by atoms with van der Waals surface area (Å²) in [5.41, 5.74) is 1.95. The third-order valence-corrected chi connectivity index (χ3v) is 3.54. The lowest BCUT2D eigenvalue weighted by Gasteiger charge is -2.20. The van der Waals surface area contributed by atoms with Crippen molar-refractivity contribution >= 4 is 11.9 Å². The zero-order chi connectivity index (χ0) is 14.4. The number of rotatable bonds is 5. The molecule has 0 spiro atoms. The van der Waals surface area contributed by atoms with Gasteiger partial charge in [0.05, 0.1) is 0 Å². The predicted molar refractivity (Wildman–Crippen MR) is 79.7 cm³/mol. The highest BCUT2D eigenvalue weighted by Crippen LogP contribution is 2.11. The predicted octanol–water partition coefficient (Wildman–Crippen LogP) is 2.30. The molecule has 0 saturated carbocycles. The molecule has 1 aliphatic rings. The number of amides is 1. The maximum atomic E-state index is 11.8. The molecule has 2 rings (SSSR count).